The number of halogens is 1. The van der Waals surface area contributed by atoms with E-state index in [4.69, 9.17) is 11.6 Å². The molecule has 3 heteroatoms. The van der Waals surface area contributed by atoms with Crippen LogP contribution in [-0.4, -0.2) is 18.6 Å². The summed E-state index contributed by atoms with van der Waals surface area (Å²) in [7, 11) is 0. The third kappa shape index (κ3) is 1.92. The Kier molecular flexibility index (Phi) is 2.56. The third-order valence-corrected chi connectivity index (χ3v) is 4.14. The summed E-state index contributed by atoms with van der Waals surface area (Å²) in [5, 5.41) is 7.95. The van der Waals surface area contributed by atoms with Crippen molar-refractivity contribution >= 4 is 17.3 Å². The van der Waals surface area contributed by atoms with E-state index in [1.54, 1.807) is 0 Å². The molecule has 1 saturated carbocycles. The highest BCUT2D eigenvalue weighted by Gasteiger charge is 2.46. The molecule has 86 valence electrons. The number of piperidine rings is 2. The summed E-state index contributed by atoms with van der Waals surface area (Å²) < 4.78 is 0. The maximum atomic E-state index is 5.86. The fourth-order valence-electron chi connectivity index (χ4n) is 2.98. The summed E-state index contributed by atoms with van der Waals surface area (Å²) in [5.74, 6) is 0.980. The van der Waals surface area contributed by atoms with Gasteiger partial charge in [-0.2, -0.15) is 0 Å². The molecule has 0 spiro atoms. The summed E-state index contributed by atoms with van der Waals surface area (Å²) >= 11 is 5.86. The molecule has 2 nitrogen and oxygen atoms in total. The lowest BCUT2D eigenvalue weighted by Gasteiger charge is -2.53. The number of hydrogen-bond donors (Lipinski definition) is 2. The highest BCUT2D eigenvalue weighted by atomic mass is 35.5. The van der Waals surface area contributed by atoms with Gasteiger partial charge in [-0.1, -0.05) is 11.6 Å². The lowest BCUT2D eigenvalue weighted by Crippen LogP contribution is -2.63. The molecule has 3 fully saturated rings. The van der Waals surface area contributed by atoms with Gasteiger partial charge in [-0.3, -0.25) is 0 Å². The van der Waals surface area contributed by atoms with Crippen molar-refractivity contribution in [3.8, 4) is 0 Å². The number of fused-ring (bicyclic) bond motifs is 2. The molecule has 1 aromatic carbocycles. The van der Waals surface area contributed by atoms with Crippen LogP contribution in [0.5, 0.6) is 0 Å². The van der Waals surface area contributed by atoms with Crippen molar-refractivity contribution in [2.24, 2.45) is 5.92 Å². The molecule has 1 aromatic rings. The van der Waals surface area contributed by atoms with Crippen LogP contribution in [0.4, 0.5) is 5.69 Å². The Morgan fingerprint density at radius 1 is 1.31 bits per heavy atom. The van der Waals surface area contributed by atoms with Crippen LogP contribution in [0.3, 0.4) is 0 Å². The zero-order valence-corrected chi connectivity index (χ0v) is 10.1. The SMILES string of the molecule is Clc1ccc(NCC23CC(CCN2)C3)cc1. The highest BCUT2D eigenvalue weighted by Crippen LogP contribution is 2.43. The summed E-state index contributed by atoms with van der Waals surface area (Å²) in [6.45, 7) is 2.22. The van der Waals surface area contributed by atoms with Gasteiger partial charge in [0.1, 0.15) is 0 Å². The van der Waals surface area contributed by atoms with Crippen LogP contribution < -0.4 is 10.6 Å². The summed E-state index contributed by atoms with van der Waals surface area (Å²) in [6.07, 6.45) is 4.05. The molecule has 2 N–H and O–H groups in total. The zero-order valence-electron chi connectivity index (χ0n) is 9.30. The van der Waals surface area contributed by atoms with Crippen LogP contribution in [0.15, 0.2) is 24.3 Å². The molecule has 0 amide bonds. The topological polar surface area (TPSA) is 24.1 Å². The molecule has 1 aliphatic carbocycles. The normalized spacial score (nSPS) is 31.9. The van der Waals surface area contributed by atoms with E-state index >= 15 is 0 Å². The van der Waals surface area contributed by atoms with Crippen molar-refractivity contribution in [2.45, 2.75) is 24.8 Å². The van der Waals surface area contributed by atoms with Gasteiger partial charge in [0.25, 0.3) is 0 Å². The van der Waals surface area contributed by atoms with Gasteiger partial charge in [0, 0.05) is 22.8 Å². The van der Waals surface area contributed by atoms with Crippen LogP contribution >= 0.6 is 11.6 Å². The predicted octanol–water partition coefficient (Wildman–Crippen LogP) is 2.89. The fourth-order valence-corrected chi connectivity index (χ4v) is 3.11. The van der Waals surface area contributed by atoms with E-state index in [-0.39, 0.29) is 0 Å². The molecule has 2 aliphatic heterocycles. The molecule has 0 radical (unpaired) electrons. The van der Waals surface area contributed by atoms with Crippen molar-refractivity contribution in [3.05, 3.63) is 29.3 Å². The Labute approximate surface area is 101 Å². The summed E-state index contributed by atoms with van der Waals surface area (Å²) in [6, 6.07) is 7.94. The molecule has 0 atom stereocenters. The Bertz CT molecular complexity index is 363. The molecule has 0 aromatic heterocycles. The second-order valence-corrected chi connectivity index (χ2v) is 5.57. The van der Waals surface area contributed by atoms with Crippen LogP contribution in [0.2, 0.25) is 5.02 Å². The van der Waals surface area contributed by atoms with Crippen LogP contribution in [0.25, 0.3) is 0 Å². The number of benzene rings is 1. The van der Waals surface area contributed by atoms with Gasteiger partial charge in [0.05, 0.1) is 0 Å². The molecule has 4 rings (SSSR count). The van der Waals surface area contributed by atoms with E-state index in [0.717, 1.165) is 23.2 Å². The molecular weight excluding hydrogens is 220 g/mol. The first-order valence-electron chi connectivity index (χ1n) is 6.00. The van der Waals surface area contributed by atoms with E-state index in [2.05, 4.69) is 10.6 Å². The molecular formula is C13H17ClN2. The Hall–Kier alpha value is -0.730. The number of anilines is 1. The quantitative estimate of drug-likeness (QED) is 0.844. The van der Waals surface area contributed by atoms with Crippen molar-refractivity contribution in [2.75, 3.05) is 18.4 Å². The molecule has 3 aliphatic rings. The van der Waals surface area contributed by atoms with E-state index in [0.29, 0.717) is 5.54 Å². The zero-order chi connectivity index (χ0) is 11.0. The average Bonchev–Trinajstić information content (AvgIpc) is 2.28. The standard InChI is InChI=1S/C13H17ClN2/c14-11-1-3-12(4-2-11)15-9-13-7-10(8-13)5-6-16-13/h1-4,10,15-16H,5-9H2. The molecule has 2 saturated heterocycles. The van der Waals surface area contributed by atoms with E-state index in [1.807, 2.05) is 24.3 Å². The second kappa shape index (κ2) is 3.94. The first-order valence-corrected chi connectivity index (χ1v) is 6.38. The Morgan fingerprint density at radius 2 is 2.06 bits per heavy atom. The average molecular weight is 237 g/mol. The Balaban J connectivity index is 1.58. The van der Waals surface area contributed by atoms with Crippen LogP contribution in [0.1, 0.15) is 19.3 Å². The van der Waals surface area contributed by atoms with Crippen molar-refractivity contribution in [3.63, 3.8) is 0 Å². The maximum Gasteiger partial charge on any atom is 0.0407 e. The molecule has 16 heavy (non-hydrogen) atoms. The first-order chi connectivity index (χ1) is 7.76. The minimum atomic E-state index is 0.378. The van der Waals surface area contributed by atoms with Gasteiger partial charge in [-0.25, -0.2) is 0 Å². The van der Waals surface area contributed by atoms with E-state index in [9.17, 15) is 0 Å². The number of hydrogen-bond acceptors (Lipinski definition) is 2. The van der Waals surface area contributed by atoms with Gasteiger partial charge >= 0.3 is 0 Å². The first kappa shape index (κ1) is 10.4. The fraction of sp³-hybridized carbons (Fsp3) is 0.538. The van der Waals surface area contributed by atoms with Crippen molar-refractivity contribution in [1.82, 2.24) is 5.32 Å². The van der Waals surface area contributed by atoms with Crippen LogP contribution in [0, 0.1) is 5.92 Å². The largest absolute Gasteiger partial charge is 0.383 e. The second-order valence-electron chi connectivity index (χ2n) is 5.13. The molecule has 2 heterocycles. The predicted molar refractivity (Wildman–Crippen MR) is 68.0 cm³/mol. The lowest BCUT2D eigenvalue weighted by molar-refractivity contribution is 0.0639. The van der Waals surface area contributed by atoms with Gasteiger partial charge in [0.2, 0.25) is 0 Å². The highest BCUT2D eigenvalue weighted by molar-refractivity contribution is 6.30. The number of rotatable bonds is 3. The van der Waals surface area contributed by atoms with Crippen molar-refractivity contribution < 1.29 is 0 Å². The van der Waals surface area contributed by atoms with Gasteiger partial charge in [-0.15, -0.1) is 0 Å². The summed E-state index contributed by atoms with van der Waals surface area (Å²) in [5.41, 5.74) is 1.54. The third-order valence-electron chi connectivity index (χ3n) is 3.89. The molecule has 2 bridgehead atoms. The monoisotopic (exact) mass is 236 g/mol. The van der Waals surface area contributed by atoms with Crippen molar-refractivity contribution in [1.29, 1.82) is 0 Å². The van der Waals surface area contributed by atoms with Crippen LogP contribution in [-0.2, 0) is 0 Å². The summed E-state index contributed by atoms with van der Waals surface area (Å²) in [4.78, 5) is 0. The van der Waals surface area contributed by atoms with Gasteiger partial charge < -0.3 is 10.6 Å². The smallest absolute Gasteiger partial charge is 0.0407 e. The van der Waals surface area contributed by atoms with Gasteiger partial charge in [0.15, 0.2) is 0 Å². The minimum Gasteiger partial charge on any atom is -0.383 e. The minimum absolute atomic E-state index is 0.378. The molecule has 0 unspecified atom stereocenters. The van der Waals surface area contributed by atoms with E-state index < -0.39 is 0 Å². The van der Waals surface area contributed by atoms with E-state index in [1.165, 1.54) is 25.8 Å². The number of nitrogens with one attached hydrogen (secondary N) is 2. The lowest BCUT2D eigenvalue weighted by atomic mass is 9.64. The maximum absolute atomic E-state index is 5.86. The Morgan fingerprint density at radius 3 is 2.69 bits per heavy atom. The van der Waals surface area contributed by atoms with Gasteiger partial charge in [-0.05, 0) is 56.0 Å².